The molecular formula is C28H43N3O7SSi. The molecule has 4 rings (SSSR count). The molecule has 0 spiro atoms. The van der Waals surface area contributed by atoms with Crippen molar-refractivity contribution in [3.63, 3.8) is 0 Å². The lowest BCUT2D eigenvalue weighted by Gasteiger charge is -2.37. The number of fused-ring (bicyclic) bond motifs is 1. The average molecular weight is 594 g/mol. The number of hydrogen-bond acceptors (Lipinski definition) is 10. The topological polar surface area (TPSA) is 118 Å². The second-order valence-corrected chi connectivity index (χ2v) is 19.5. The average Bonchev–Trinajstić information content (AvgIpc) is 3.25. The molecule has 0 aliphatic carbocycles. The summed E-state index contributed by atoms with van der Waals surface area (Å²) in [7, 11) is -4.10. The molecule has 0 saturated carbocycles. The Morgan fingerprint density at radius 1 is 1.12 bits per heavy atom. The molecule has 2 fully saturated rings. The third-order valence-electron chi connectivity index (χ3n) is 8.13. The van der Waals surface area contributed by atoms with Crippen molar-refractivity contribution in [1.82, 2.24) is 15.3 Å². The van der Waals surface area contributed by atoms with Crippen LogP contribution in [-0.4, -0.2) is 70.2 Å². The Hall–Kier alpha value is -2.09. The largest absolute Gasteiger partial charge is 0.497 e. The van der Waals surface area contributed by atoms with E-state index in [0.717, 1.165) is 17.6 Å². The van der Waals surface area contributed by atoms with Crippen LogP contribution in [-0.2, 0) is 30.3 Å². The summed E-state index contributed by atoms with van der Waals surface area (Å²) in [5, 5.41) is 3.40. The number of aromatic nitrogens is 2. The van der Waals surface area contributed by atoms with Gasteiger partial charge >= 0.3 is 0 Å². The van der Waals surface area contributed by atoms with E-state index in [-0.39, 0.29) is 34.8 Å². The SMILES string of the molecule is COc1ccc(COc2nc(S(C)(=O)=O)ncc2[C@@H]2N[C@H](CO[Si](C)(C)C(C)(C)C)[C@H]3OC(C)(C)O[C@]32C)cc1. The number of benzene rings is 1. The number of sulfone groups is 1. The van der Waals surface area contributed by atoms with E-state index in [4.69, 9.17) is 23.4 Å². The lowest BCUT2D eigenvalue weighted by molar-refractivity contribution is -0.172. The maximum atomic E-state index is 12.3. The van der Waals surface area contributed by atoms with Gasteiger partial charge in [0.25, 0.3) is 0 Å². The number of nitrogens with zero attached hydrogens (tertiary/aromatic N) is 2. The molecule has 40 heavy (non-hydrogen) atoms. The van der Waals surface area contributed by atoms with E-state index in [1.165, 1.54) is 6.20 Å². The van der Waals surface area contributed by atoms with Crippen LogP contribution in [0.15, 0.2) is 35.6 Å². The third kappa shape index (κ3) is 6.21. The molecule has 3 heterocycles. The van der Waals surface area contributed by atoms with E-state index < -0.39 is 35.6 Å². The molecule has 2 aliphatic rings. The Labute approximate surface area is 239 Å². The Morgan fingerprint density at radius 3 is 2.35 bits per heavy atom. The molecule has 10 nitrogen and oxygen atoms in total. The van der Waals surface area contributed by atoms with Crippen molar-refractivity contribution in [2.24, 2.45) is 0 Å². The van der Waals surface area contributed by atoms with Crippen molar-refractivity contribution >= 4 is 18.2 Å². The molecule has 2 aliphatic heterocycles. The van der Waals surface area contributed by atoms with E-state index >= 15 is 0 Å². The van der Waals surface area contributed by atoms with Gasteiger partial charge in [-0.2, -0.15) is 4.98 Å². The summed E-state index contributed by atoms with van der Waals surface area (Å²) in [6, 6.07) is 6.80. The summed E-state index contributed by atoms with van der Waals surface area (Å²) >= 11 is 0. The summed E-state index contributed by atoms with van der Waals surface area (Å²) in [4.78, 5) is 8.56. The predicted molar refractivity (Wildman–Crippen MR) is 154 cm³/mol. The molecule has 1 aromatic heterocycles. The smallest absolute Gasteiger partial charge is 0.250 e. The summed E-state index contributed by atoms with van der Waals surface area (Å²) < 4.78 is 55.6. The highest BCUT2D eigenvalue weighted by molar-refractivity contribution is 7.90. The van der Waals surface area contributed by atoms with Gasteiger partial charge in [0, 0.05) is 12.5 Å². The normalized spacial score (nSPS) is 26.5. The first-order valence-electron chi connectivity index (χ1n) is 13.5. The predicted octanol–water partition coefficient (Wildman–Crippen LogP) is 4.41. The molecule has 2 aromatic rings. The molecule has 1 N–H and O–H groups in total. The maximum Gasteiger partial charge on any atom is 0.250 e. The zero-order valence-electron chi connectivity index (χ0n) is 25.2. The maximum absolute atomic E-state index is 12.3. The molecule has 0 bridgehead atoms. The number of hydrogen-bond donors (Lipinski definition) is 1. The lowest BCUT2D eigenvalue weighted by atomic mass is 9.89. The molecule has 0 radical (unpaired) electrons. The Kier molecular flexibility index (Phi) is 8.20. The van der Waals surface area contributed by atoms with E-state index in [9.17, 15) is 8.42 Å². The molecule has 1 aromatic carbocycles. The fourth-order valence-corrected chi connectivity index (χ4v) is 6.50. The van der Waals surface area contributed by atoms with Crippen LogP contribution < -0.4 is 14.8 Å². The zero-order chi connectivity index (χ0) is 29.7. The van der Waals surface area contributed by atoms with Crippen LogP contribution in [0.4, 0.5) is 0 Å². The molecule has 0 unspecified atom stereocenters. The van der Waals surface area contributed by atoms with Crippen LogP contribution in [0.2, 0.25) is 18.1 Å². The minimum absolute atomic E-state index is 0.0540. The quantitative estimate of drug-likeness (QED) is 0.331. The molecule has 0 amide bonds. The minimum Gasteiger partial charge on any atom is -0.497 e. The van der Waals surface area contributed by atoms with E-state index in [1.54, 1.807) is 7.11 Å². The second-order valence-electron chi connectivity index (χ2n) is 12.8. The second kappa shape index (κ2) is 10.6. The van der Waals surface area contributed by atoms with Gasteiger partial charge in [0.2, 0.25) is 20.9 Å². The van der Waals surface area contributed by atoms with Crippen molar-refractivity contribution in [1.29, 1.82) is 0 Å². The van der Waals surface area contributed by atoms with E-state index in [0.29, 0.717) is 12.2 Å². The minimum atomic E-state index is -3.67. The van der Waals surface area contributed by atoms with Gasteiger partial charge in [-0.3, -0.25) is 5.32 Å². The Morgan fingerprint density at radius 2 is 1.77 bits per heavy atom. The van der Waals surface area contributed by atoms with Gasteiger partial charge < -0.3 is 23.4 Å². The van der Waals surface area contributed by atoms with Gasteiger partial charge in [-0.25, -0.2) is 13.4 Å². The first-order valence-corrected chi connectivity index (χ1v) is 18.3. The van der Waals surface area contributed by atoms with Crippen molar-refractivity contribution in [3.8, 4) is 11.6 Å². The number of methoxy groups -OCH3 is 1. The third-order valence-corrected chi connectivity index (χ3v) is 13.5. The van der Waals surface area contributed by atoms with Crippen molar-refractivity contribution in [2.45, 2.75) is 101 Å². The van der Waals surface area contributed by atoms with Gasteiger partial charge in [-0.05, 0) is 56.6 Å². The Balaban J connectivity index is 1.69. The molecule has 222 valence electrons. The van der Waals surface area contributed by atoms with Crippen LogP contribution >= 0.6 is 0 Å². The first-order chi connectivity index (χ1) is 18.4. The highest BCUT2D eigenvalue weighted by Crippen LogP contribution is 2.51. The van der Waals surface area contributed by atoms with E-state index in [1.807, 2.05) is 45.0 Å². The van der Waals surface area contributed by atoms with Gasteiger partial charge in [0.05, 0.1) is 31.4 Å². The van der Waals surface area contributed by atoms with Crippen LogP contribution in [0.25, 0.3) is 0 Å². The molecule has 2 saturated heterocycles. The highest BCUT2D eigenvalue weighted by atomic mass is 32.2. The zero-order valence-corrected chi connectivity index (χ0v) is 27.0. The monoisotopic (exact) mass is 593 g/mol. The van der Waals surface area contributed by atoms with Gasteiger partial charge in [-0.15, -0.1) is 0 Å². The fourth-order valence-electron chi connectivity index (χ4n) is 4.98. The number of rotatable bonds is 9. The van der Waals surface area contributed by atoms with Crippen molar-refractivity contribution in [2.75, 3.05) is 20.0 Å². The van der Waals surface area contributed by atoms with Crippen LogP contribution in [0, 0.1) is 0 Å². The standard InChI is InChI=1S/C28H43N3O7SSi/c1-26(2,3)40(9,10)36-17-21-23-28(6,38-27(4,5)37-23)22(30-21)20-15-29-25(39(8,32)33)31-24(20)35-16-18-11-13-19(34-7)14-12-18/h11-15,21-23,30H,16-17H2,1-10H3/t21-,22+,23-,28+/m1/s1. The van der Waals surface area contributed by atoms with Crippen molar-refractivity contribution in [3.05, 3.63) is 41.6 Å². The highest BCUT2D eigenvalue weighted by Gasteiger charge is 2.63. The summed E-state index contributed by atoms with van der Waals surface area (Å²) in [6.45, 7) is 17.5. The summed E-state index contributed by atoms with van der Waals surface area (Å²) in [5.74, 6) is 0.0713. The van der Waals surface area contributed by atoms with E-state index in [2.05, 4.69) is 49.1 Å². The summed E-state index contributed by atoms with van der Waals surface area (Å²) in [6.07, 6.45) is 2.25. The van der Waals surface area contributed by atoms with Crippen molar-refractivity contribution < 1.29 is 31.8 Å². The fraction of sp³-hybridized carbons (Fsp3) is 0.643. The molecule has 12 heteroatoms. The lowest BCUT2D eigenvalue weighted by Crippen LogP contribution is -2.47. The van der Waals surface area contributed by atoms with Gasteiger partial charge in [0.15, 0.2) is 14.1 Å². The van der Waals surface area contributed by atoms with Crippen LogP contribution in [0.3, 0.4) is 0 Å². The van der Waals surface area contributed by atoms with Crippen LogP contribution in [0.1, 0.15) is 58.7 Å². The molecular weight excluding hydrogens is 550 g/mol. The number of ether oxygens (including phenoxy) is 4. The first kappa shape index (κ1) is 30.9. The van der Waals surface area contributed by atoms with Gasteiger partial charge in [-0.1, -0.05) is 32.9 Å². The Bertz CT molecular complexity index is 1330. The van der Waals surface area contributed by atoms with Gasteiger partial charge in [0.1, 0.15) is 24.1 Å². The van der Waals surface area contributed by atoms with Crippen LogP contribution in [0.5, 0.6) is 11.6 Å². The number of nitrogens with one attached hydrogen (secondary N) is 1. The summed E-state index contributed by atoms with van der Waals surface area (Å²) in [5.41, 5.74) is 0.639. The molecule has 4 atom stereocenters.